The van der Waals surface area contributed by atoms with Gasteiger partial charge in [0.2, 0.25) is 5.91 Å². The van der Waals surface area contributed by atoms with E-state index in [4.69, 9.17) is 4.74 Å². The summed E-state index contributed by atoms with van der Waals surface area (Å²) in [5.74, 6) is -0.188. The van der Waals surface area contributed by atoms with Crippen LogP contribution in [0.1, 0.15) is 44.9 Å². The van der Waals surface area contributed by atoms with Crippen molar-refractivity contribution in [1.82, 2.24) is 4.90 Å². The minimum absolute atomic E-state index is 0.0269. The van der Waals surface area contributed by atoms with Crippen LogP contribution in [0.2, 0.25) is 0 Å². The highest BCUT2D eigenvalue weighted by Gasteiger charge is 2.46. The first-order valence-corrected chi connectivity index (χ1v) is 9.70. The summed E-state index contributed by atoms with van der Waals surface area (Å²) in [5, 5.41) is 0.450. The zero-order valence-electron chi connectivity index (χ0n) is 15.8. The number of nitrogens with zero attached hydrogens (tertiary/aromatic N) is 2. The van der Waals surface area contributed by atoms with Gasteiger partial charge in [0.25, 0.3) is 0 Å². The van der Waals surface area contributed by atoms with Crippen LogP contribution in [0.4, 0.5) is 0 Å². The van der Waals surface area contributed by atoms with Gasteiger partial charge >= 0.3 is 5.97 Å². The first-order chi connectivity index (χ1) is 12.3. The Balaban J connectivity index is 2.06. The van der Waals surface area contributed by atoms with Crippen molar-refractivity contribution in [2.24, 2.45) is 10.9 Å². The van der Waals surface area contributed by atoms with Crippen molar-refractivity contribution >= 4 is 28.8 Å². The van der Waals surface area contributed by atoms with Crippen molar-refractivity contribution < 1.29 is 14.3 Å². The monoisotopic (exact) mass is 372 g/mol. The molecule has 1 amide bonds. The topological polar surface area (TPSA) is 59.0 Å². The molecule has 3 rings (SSSR count). The van der Waals surface area contributed by atoms with Gasteiger partial charge in [0.05, 0.1) is 29.2 Å². The Labute approximate surface area is 158 Å². The lowest BCUT2D eigenvalue weighted by Gasteiger charge is -2.33. The number of aliphatic imine (C=N–C) groups is 1. The van der Waals surface area contributed by atoms with Gasteiger partial charge in [-0.25, -0.2) is 9.79 Å². The van der Waals surface area contributed by atoms with E-state index < -0.39 is 12.0 Å². The number of esters is 1. The van der Waals surface area contributed by atoms with Crippen LogP contribution in [0.3, 0.4) is 0 Å². The largest absolute Gasteiger partial charge is 0.462 e. The number of rotatable bonds is 4. The lowest BCUT2D eigenvalue weighted by atomic mass is 9.93. The second-order valence-corrected chi connectivity index (χ2v) is 8.48. The van der Waals surface area contributed by atoms with Gasteiger partial charge < -0.3 is 4.74 Å². The highest BCUT2D eigenvalue weighted by atomic mass is 32.2. The molecule has 2 atom stereocenters. The maximum absolute atomic E-state index is 12.8. The maximum atomic E-state index is 12.8. The van der Waals surface area contributed by atoms with E-state index in [0.29, 0.717) is 23.0 Å². The van der Waals surface area contributed by atoms with Gasteiger partial charge in [-0.15, -0.1) is 0 Å². The van der Waals surface area contributed by atoms with E-state index in [-0.39, 0.29) is 17.1 Å². The predicted molar refractivity (Wildman–Crippen MR) is 104 cm³/mol. The number of amides is 1. The Morgan fingerprint density at radius 3 is 2.54 bits per heavy atom. The first kappa shape index (κ1) is 18.7. The van der Waals surface area contributed by atoms with Gasteiger partial charge in [-0.1, -0.05) is 55.4 Å². The molecule has 1 aromatic carbocycles. The average Bonchev–Trinajstić information content (AvgIpc) is 2.86. The number of amidine groups is 1. The van der Waals surface area contributed by atoms with Crippen LogP contribution in [0.15, 0.2) is 40.5 Å². The fraction of sp³-hybridized carbons (Fsp3) is 0.450. The molecule has 2 heterocycles. The number of benzene rings is 1. The summed E-state index contributed by atoms with van der Waals surface area (Å²) < 4.78 is 5.49. The van der Waals surface area contributed by atoms with E-state index in [0.717, 1.165) is 11.1 Å². The number of allylic oxidation sites excluding steroid dienone is 1. The van der Waals surface area contributed by atoms with E-state index in [1.807, 2.05) is 58.9 Å². The van der Waals surface area contributed by atoms with Crippen molar-refractivity contribution in [3.8, 4) is 0 Å². The molecule has 0 aromatic heterocycles. The van der Waals surface area contributed by atoms with Crippen LogP contribution in [-0.2, 0) is 14.3 Å². The van der Waals surface area contributed by atoms with Gasteiger partial charge in [0, 0.05) is 0 Å². The Hall–Kier alpha value is -2.08. The summed E-state index contributed by atoms with van der Waals surface area (Å²) in [6, 6.07) is 7.42. The zero-order valence-corrected chi connectivity index (χ0v) is 16.6. The number of fused-ring (bicyclic) bond motifs is 1. The number of aryl methyl sites for hydroxylation is 1. The lowest BCUT2D eigenvalue weighted by Crippen LogP contribution is -2.40. The van der Waals surface area contributed by atoms with Gasteiger partial charge in [-0.05, 0) is 32.3 Å². The molecule has 6 heteroatoms. The van der Waals surface area contributed by atoms with E-state index in [1.165, 1.54) is 11.8 Å². The molecule has 5 nitrogen and oxygen atoms in total. The SMILES string of the molecule is CC1=C(C(=O)OCC(C)C)[C@@H](c2ccc(C)cc2)N2C(=O)[C@H](C)SC2=N1. The second-order valence-electron chi connectivity index (χ2n) is 7.17. The number of hydrogen-bond acceptors (Lipinski definition) is 5. The summed E-state index contributed by atoms with van der Waals surface area (Å²) >= 11 is 1.43. The third kappa shape index (κ3) is 3.43. The van der Waals surface area contributed by atoms with Crippen molar-refractivity contribution in [3.05, 3.63) is 46.7 Å². The van der Waals surface area contributed by atoms with Gasteiger partial charge in [-0.2, -0.15) is 0 Å². The number of ether oxygens (including phenoxy) is 1. The Bertz CT molecular complexity index is 796. The highest BCUT2D eigenvalue weighted by molar-refractivity contribution is 8.15. The van der Waals surface area contributed by atoms with Crippen LogP contribution in [0.25, 0.3) is 0 Å². The fourth-order valence-corrected chi connectivity index (χ4v) is 4.08. The molecular formula is C20H24N2O3S. The summed E-state index contributed by atoms with van der Waals surface area (Å²) in [6.07, 6.45) is 0. The Morgan fingerprint density at radius 2 is 1.92 bits per heavy atom. The van der Waals surface area contributed by atoms with Crippen LogP contribution in [0, 0.1) is 12.8 Å². The number of hydrogen-bond donors (Lipinski definition) is 0. The average molecular weight is 372 g/mol. The molecule has 0 aliphatic carbocycles. The van der Waals surface area contributed by atoms with Crippen molar-refractivity contribution in [1.29, 1.82) is 0 Å². The molecule has 0 unspecified atom stereocenters. The summed E-state index contributed by atoms with van der Waals surface area (Å²) in [5.41, 5.74) is 3.08. The predicted octanol–water partition coefficient (Wildman–Crippen LogP) is 3.84. The van der Waals surface area contributed by atoms with E-state index in [9.17, 15) is 9.59 Å². The maximum Gasteiger partial charge on any atom is 0.338 e. The molecule has 1 fully saturated rings. The number of thioether (sulfide) groups is 1. The van der Waals surface area contributed by atoms with E-state index >= 15 is 0 Å². The molecule has 138 valence electrons. The smallest absolute Gasteiger partial charge is 0.338 e. The standard InChI is InChI=1S/C20H24N2O3S/c1-11(2)10-25-19(24)16-13(4)21-20-22(18(23)14(5)26-20)17(16)15-8-6-12(3)7-9-15/h6-9,11,14,17H,10H2,1-5H3/t14-,17+/m0/s1. The van der Waals surface area contributed by atoms with Gasteiger partial charge in [0.15, 0.2) is 5.17 Å². The highest BCUT2D eigenvalue weighted by Crippen LogP contribution is 2.43. The van der Waals surface area contributed by atoms with Crippen molar-refractivity contribution in [2.45, 2.75) is 45.9 Å². The van der Waals surface area contributed by atoms with Gasteiger partial charge in [-0.3, -0.25) is 9.69 Å². The van der Waals surface area contributed by atoms with Crippen LogP contribution in [0.5, 0.6) is 0 Å². The minimum Gasteiger partial charge on any atom is -0.462 e. The van der Waals surface area contributed by atoms with E-state index in [1.54, 1.807) is 4.90 Å². The molecule has 1 saturated heterocycles. The molecule has 0 spiro atoms. The van der Waals surface area contributed by atoms with Crippen LogP contribution >= 0.6 is 11.8 Å². The third-order valence-corrected chi connectivity index (χ3v) is 5.47. The van der Waals surface area contributed by atoms with Crippen molar-refractivity contribution in [2.75, 3.05) is 6.61 Å². The molecule has 0 N–H and O–H groups in total. The molecule has 1 aromatic rings. The summed E-state index contributed by atoms with van der Waals surface area (Å²) in [7, 11) is 0. The molecule has 26 heavy (non-hydrogen) atoms. The zero-order chi connectivity index (χ0) is 19.0. The fourth-order valence-electron chi connectivity index (χ4n) is 3.05. The third-order valence-electron chi connectivity index (χ3n) is 4.42. The molecule has 0 radical (unpaired) electrons. The van der Waals surface area contributed by atoms with Gasteiger partial charge in [0.1, 0.15) is 0 Å². The van der Waals surface area contributed by atoms with Crippen LogP contribution < -0.4 is 0 Å². The molecular weight excluding hydrogens is 348 g/mol. The quantitative estimate of drug-likeness (QED) is 0.754. The van der Waals surface area contributed by atoms with Crippen LogP contribution in [-0.4, -0.2) is 33.8 Å². The first-order valence-electron chi connectivity index (χ1n) is 8.82. The molecule has 0 bridgehead atoms. The lowest BCUT2D eigenvalue weighted by molar-refractivity contribution is -0.141. The Morgan fingerprint density at radius 1 is 1.27 bits per heavy atom. The summed E-state index contributed by atoms with van der Waals surface area (Å²) in [6.45, 7) is 10.0. The molecule has 0 saturated carbocycles. The number of carbonyl (C=O) groups excluding carboxylic acids is 2. The van der Waals surface area contributed by atoms with E-state index in [2.05, 4.69) is 4.99 Å². The normalized spacial score (nSPS) is 22.6. The summed E-state index contributed by atoms with van der Waals surface area (Å²) in [4.78, 5) is 31.8. The molecule has 2 aliphatic rings. The Kier molecular flexibility index (Phi) is 5.23. The second kappa shape index (κ2) is 7.27. The number of carbonyl (C=O) groups is 2. The van der Waals surface area contributed by atoms with Crippen molar-refractivity contribution in [3.63, 3.8) is 0 Å². The molecule has 2 aliphatic heterocycles. The minimum atomic E-state index is -0.493.